The van der Waals surface area contributed by atoms with Crippen LogP contribution in [0.3, 0.4) is 0 Å². The largest absolute Gasteiger partial charge is 0.361 e. The molecule has 4 nitrogen and oxygen atoms in total. The summed E-state index contributed by atoms with van der Waals surface area (Å²) in [7, 11) is 0. The average Bonchev–Trinajstić information content (AvgIpc) is 3.19. The molecule has 1 saturated heterocycles. The van der Waals surface area contributed by atoms with E-state index in [9.17, 15) is 4.79 Å². The van der Waals surface area contributed by atoms with Gasteiger partial charge in [0.1, 0.15) is 11.5 Å². The van der Waals surface area contributed by atoms with Crippen LogP contribution in [0.2, 0.25) is 0 Å². The van der Waals surface area contributed by atoms with Crippen LogP contribution in [0.4, 0.5) is 0 Å². The summed E-state index contributed by atoms with van der Waals surface area (Å²) < 4.78 is 5.37. The second kappa shape index (κ2) is 6.43. The first-order valence-corrected chi connectivity index (χ1v) is 8.43. The van der Waals surface area contributed by atoms with Crippen LogP contribution in [0.1, 0.15) is 48.6 Å². The summed E-state index contributed by atoms with van der Waals surface area (Å²) in [6.45, 7) is 2.94. The molecule has 5 heteroatoms. The van der Waals surface area contributed by atoms with E-state index in [0.29, 0.717) is 6.42 Å². The van der Waals surface area contributed by atoms with E-state index in [-0.39, 0.29) is 11.9 Å². The van der Waals surface area contributed by atoms with Crippen LogP contribution < -0.4 is 0 Å². The monoisotopic (exact) mass is 304 g/mol. The van der Waals surface area contributed by atoms with Gasteiger partial charge in [-0.25, -0.2) is 0 Å². The van der Waals surface area contributed by atoms with Crippen LogP contribution >= 0.6 is 11.3 Å². The molecule has 1 fully saturated rings. The van der Waals surface area contributed by atoms with Crippen molar-refractivity contribution < 1.29 is 9.32 Å². The van der Waals surface area contributed by atoms with Crippen molar-refractivity contribution >= 4 is 17.2 Å². The maximum atomic E-state index is 12.5. The molecule has 1 atom stereocenters. The van der Waals surface area contributed by atoms with E-state index in [1.165, 1.54) is 0 Å². The van der Waals surface area contributed by atoms with Crippen molar-refractivity contribution in [2.45, 2.75) is 45.1 Å². The number of carbonyl (C=O) groups is 1. The molecule has 1 amide bonds. The third-order valence-electron chi connectivity index (χ3n) is 3.89. The van der Waals surface area contributed by atoms with E-state index in [1.54, 1.807) is 11.3 Å². The van der Waals surface area contributed by atoms with Crippen LogP contribution in [-0.4, -0.2) is 22.5 Å². The normalized spacial score (nSPS) is 18.3. The molecule has 0 aromatic carbocycles. The second-order valence-electron chi connectivity index (χ2n) is 5.47. The minimum absolute atomic E-state index is 0.0896. The number of hydrogen-bond donors (Lipinski definition) is 0. The van der Waals surface area contributed by atoms with Crippen molar-refractivity contribution in [3.05, 3.63) is 39.9 Å². The SMILES string of the molecule is CCCc1cc(C2CCCN2C(=O)Cc2cccs2)no1. The Balaban J connectivity index is 1.70. The van der Waals surface area contributed by atoms with Crippen molar-refractivity contribution in [2.24, 2.45) is 0 Å². The van der Waals surface area contributed by atoms with Crippen molar-refractivity contribution in [1.82, 2.24) is 10.1 Å². The predicted octanol–water partition coefficient (Wildman–Crippen LogP) is 3.59. The first-order valence-electron chi connectivity index (χ1n) is 7.55. The van der Waals surface area contributed by atoms with E-state index in [4.69, 9.17) is 4.52 Å². The maximum Gasteiger partial charge on any atom is 0.228 e. The van der Waals surface area contributed by atoms with Gasteiger partial charge in [0.05, 0.1) is 12.5 Å². The zero-order valence-corrected chi connectivity index (χ0v) is 13.1. The van der Waals surface area contributed by atoms with Crippen molar-refractivity contribution in [3.63, 3.8) is 0 Å². The standard InChI is InChI=1S/C16H20N2O2S/c1-2-5-12-10-14(17-20-12)15-7-3-8-18(15)16(19)11-13-6-4-9-21-13/h4,6,9-10,15H,2-3,5,7-8,11H2,1H3. The van der Waals surface area contributed by atoms with E-state index in [2.05, 4.69) is 12.1 Å². The molecule has 3 heterocycles. The predicted molar refractivity (Wildman–Crippen MR) is 82.2 cm³/mol. The molecule has 0 N–H and O–H groups in total. The third kappa shape index (κ3) is 3.18. The van der Waals surface area contributed by atoms with Crippen molar-refractivity contribution in [1.29, 1.82) is 0 Å². The van der Waals surface area contributed by atoms with Crippen LogP contribution in [-0.2, 0) is 17.6 Å². The number of carbonyl (C=O) groups excluding carboxylic acids is 1. The van der Waals surface area contributed by atoms with Gasteiger partial charge in [0, 0.05) is 23.9 Å². The highest BCUT2D eigenvalue weighted by molar-refractivity contribution is 7.10. The van der Waals surface area contributed by atoms with Crippen molar-refractivity contribution in [2.75, 3.05) is 6.54 Å². The number of hydrogen-bond acceptors (Lipinski definition) is 4. The molecule has 112 valence electrons. The Morgan fingerprint density at radius 3 is 3.24 bits per heavy atom. The summed E-state index contributed by atoms with van der Waals surface area (Å²) in [4.78, 5) is 15.6. The zero-order valence-electron chi connectivity index (χ0n) is 12.2. The molecule has 0 bridgehead atoms. The van der Waals surface area contributed by atoms with Gasteiger partial charge >= 0.3 is 0 Å². The Morgan fingerprint density at radius 1 is 1.57 bits per heavy atom. The number of nitrogens with zero attached hydrogens (tertiary/aromatic N) is 2. The number of thiophene rings is 1. The molecule has 0 spiro atoms. The highest BCUT2D eigenvalue weighted by atomic mass is 32.1. The summed E-state index contributed by atoms with van der Waals surface area (Å²) >= 11 is 1.64. The topological polar surface area (TPSA) is 46.3 Å². The van der Waals surface area contributed by atoms with E-state index in [1.807, 2.05) is 28.5 Å². The fraction of sp³-hybridized carbons (Fsp3) is 0.500. The molecule has 3 rings (SSSR count). The minimum atomic E-state index is 0.0896. The minimum Gasteiger partial charge on any atom is -0.361 e. The Labute approximate surface area is 128 Å². The third-order valence-corrected chi connectivity index (χ3v) is 4.77. The van der Waals surface area contributed by atoms with Gasteiger partial charge in [-0.05, 0) is 30.7 Å². The number of likely N-dealkylation sites (tertiary alicyclic amines) is 1. The molecule has 21 heavy (non-hydrogen) atoms. The molecular formula is C16H20N2O2S. The van der Waals surface area contributed by atoms with E-state index in [0.717, 1.165) is 48.6 Å². The van der Waals surface area contributed by atoms with Crippen LogP contribution in [0.5, 0.6) is 0 Å². The second-order valence-corrected chi connectivity index (χ2v) is 6.50. The van der Waals surface area contributed by atoms with Gasteiger partial charge in [0.2, 0.25) is 5.91 Å². The van der Waals surface area contributed by atoms with Gasteiger partial charge in [-0.15, -0.1) is 11.3 Å². The lowest BCUT2D eigenvalue weighted by molar-refractivity contribution is -0.131. The first-order chi connectivity index (χ1) is 10.3. The summed E-state index contributed by atoms with van der Waals surface area (Å²) in [6.07, 6.45) is 4.46. The van der Waals surface area contributed by atoms with Gasteiger partial charge in [0.25, 0.3) is 0 Å². The Bertz CT molecular complexity index is 591. The lowest BCUT2D eigenvalue weighted by Gasteiger charge is -2.22. The van der Waals surface area contributed by atoms with Crippen LogP contribution in [0.25, 0.3) is 0 Å². The zero-order chi connectivity index (χ0) is 14.7. The Kier molecular flexibility index (Phi) is 4.39. The average molecular weight is 304 g/mol. The van der Waals surface area contributed by atoms with Gasteiger partial charge in [0.15, 0.2) is 0 Å². The summed E-state index contributed by atoms with van der Waals surface area (Å²) in [5.41, 5.74) is 0.912. The molecular weight excluding hydrogens is 284 g/mol. The lowest BCUT2D eigenvalue weighted by atomic mass is 10.1. The smallest absolute Gasteiger partial charge is 0.228 e. The molecule has 0 aliphatic carbocycles. The molecule has 1 unspecified atom stereocenters. The highest BCUT2D eigenvalue weighted by Crippen LogP contribution is 2.32. The molecule has 0 saturated carbocycles. The van der Waals surface area contributed by atoms with E-state index < -0.39 is 0 Å². The maximum absolute atomic E-state index is 12.5. The van der Waals surface area contributed by atoms with Crippen LogP contribution in [0.15, 0.2) is 28.1 Å². The fourth-order valence-corrected chi connectivity index (χ4v) is 3.58. The molecule has 1 aliphatic heterocycles. The highest BCUT2D eigenvalue weighted by Gasteiger charge is 2.32. The van der Waals surface area contributed by atoms with E-state index >= 15 is 0 Å². The molecule has 2 aromatic rings. The summed E-state index contributed by atoms with van der Waals surface area (Å²) in [5, 5.41) is 6.19. The fourth-order valence-electron chi connectivity index (χ4n) is 2.89. The molecule has 2 aromatic heterocycles. The van der Waals surface area contributed by atoms with Crippen LogP contribution in [0, 0.1) is 0 Å². The number of aromatic nitrogens is 1. The van der Waals surface area contributed by atoms with Crippen molar-refractivity contribution in [3.8, 4) is 0 Å². The van der Waals surface area contributed by atoms with Gasteiger partial charge in [-0.3, -0.25) is 4.79 Å². The summed E-state index contributed by atoms with van der Waals surface area (Å²) in [5.74, 6) is 1.12. The quantitative estimate of drug-likeness (QED) is 0.848. The van der Waals surface area contributed by atoms with Gasteiger partial charge < -0.3 is 9.42 Å². The van der Waals surface area contributed by atoms with Gasteiger partial charge in [-0.1, -0.05) is 18.1 Å². The Hall–Kier alpha value is -1.62. The first kappa shape index (κ1) is 14.3. The number of rotatable bonds is 5. The summed E-state index contributed by atoms with van der Waals surface area (Å²) in [6, 6.07) is 6.11. The lowest BCUT2D eigenvalue weighted by Crippen LogP contribution is -2.31. The number of aryl methyl sites for hydroxylation is 1. The molecule has 1 aliphatic rings. The van der Waals surface area contributed by atoms with Gasteiger partial charge in [-0.2, -0.15) is 0 Å². The Morgan fingerprint density at radius 2 is 2.48 bits per heavy atom. The number of amides is 1. The molecule has 0 radical (unpaired) electrons.